The summed E-state index contributed by atoms with van der Waals surface area (Å²) < 4.78 is 5.56. The average molecular weight is 313 g/mol. The Morgan fingerprint density at radius 3 is 2.29 bits per heavy atom. The lowest BCUT2D eigenvalue weighted by atomic mass is 9.95. The van der Waals surface area contributed by atoms with Crippen LogP contribution in [0.15, 0.2) is 6.07 Å². The van der Waals surface area contributed by atoms with Gasteiger partial charge in [0.2, 0.25) is 0 Å². The van der Waals surface area contributed by atoms with Crippen molar-refractivity contribution in [1.29, 1.82) is 0 Å². The largest absolute Gasteiger partial charge is 0.479 e. The van der Waals surface area contributed by atoms with E-state index >= 15 is 0 Å². The summed E-state index contributed by atoms with van der Waals surface area (Å²) in [7, 11) is 0. The second-order valence-electron chi connectivity index (χ2n) is 6.28. The van der Waals surface area contributed by atoms with E-state index in [9.17, 15) is 14.7 Å². The number of carboxylic acids is 1. The Morgan fingerprint density at radius 1 is 1.29 bits per heavy atom. The third-order valence-electron chi connectivity index (χ3n) is 2.74. The van der Waals surface area contributed by atoms with Crippen molar-refractivity contribution < 1.29 is 19.4 Å². The molecule has 1 amide bonds. The molecule has 0 fully saturated rings. The van der Waals surface area contributed by atoms with Crippen LogP contribution < -0.4 is 10.1 Å². The fraction of sp³-hybridized carbons (Fsp3) is 0.600. The Kier molecular flexibility index (Phi) is 5.39. The van der Waals surface area contributed by atoms with Crippen molar-refractivity contribution in [2.75, 3.05) is 0 Å². The first kappa shape index (κ1) is 17.5. The first-order valence-corrected chi connectivity index (χ1v) is 7.68. The SMILES string of the molecule is CC(C)NC(=O)C(C)Oc1cc(C(C)(C)C)sc1C(=O)O. The van der Waals surface area contributed by atoms with E-state index < -0.39 is 12.1 Å². The number of nitrogens with one attached hydrogen (secondary N) is 1. The van der Waals surface area contributed by atoms with E-state index in [0.717, 1.165) is 4.88 Å². The van der Waals surface area contributed by atoms with Crippen LogP contribution in [-0.2, 0) is 10.2 Å². The zero-order chi connectivity index (χ0) is 16.4. The summed E-state index contributed by atoms with van der Waals surface area (Å²) in [6.45, 7) is 11.3. The van der Waals surface area contributed by atoms with Gasteiger partial charge in [-0.2, -0.15) is 0 Å². The first-order chi connectivity index (χ1) is 9.52. The Labute approximate surface area is 129 Å². The number of carbonyl (C=O) groups excluding carboxylic acids is 1. The van der Waals surface area contributed by atoms with Gasteiger partial charge >= 0.3 is 5.97 Å². The highest BCUT2D eigenvalue weighted by Gasteiger charge is 2.26. The van der Waals surface area contributed by atoms with Gasteiger partial charge < -0.3 is 15.2 Å². The molecule has 1 aromatic heterocycles. The highest BCUT2D eigenvalue weighted by Crippen LogP contribution is 2.37. The quantitative estimate of drug-likeness (QED) is 0.876. The fourth-order valence-corrected chi connectivity index (χ4v) is 2.61. The Hall–Kier alpha value is -1.56. The number of carboxylic acid groups (broad SMARTS) is 1. The van der Waals surface area contributed by atoms with Crippen LogP contribution in [0.25, 0.3) is 0 Å². The van der Waals surface area contributed by atoms with Crippen molar-refractivity contribution in [2.45, 2.75) is 59.1 Å². The molecule has 0 bridgehead atoms. The zero-order valence-corrected chi connectivity index (χ0v) is 14.1. The van der Waals surface area contributed by atoms with Crippen LogP contribution in [-0.4, -0.2) is 29.1 Å². The maximum atomic E-state index is 11.9. The topological polar surface area (TPSA) is 75.6 Å². The van der Waals surface area contributed by atoms with Gasteiger partial charge in [-0.25, -0.2) is 4.79 Å². The van der Waals surface area contributed by atoms with E-state index in [4.69, 9.17) is 4.74 Å². The maximum Gasteiger partial charge on any atom is 0.349 e. The van der Waals surface area contributed by atoms with E-state index in [1.165, 1.54) is 11.3 Å². The van der Waals surface area contributed by atoms with Crippen LogP contribution in [0.3, 0.4) is 0 Å². The lowest BCUT2D eigenvalue weighted by molar-refractivity contribution is -0.127. The molecule has 0 aliphatic carbocycles. The average Bonchev–Trinajstić information content (AvgIpc) is 2.71. The molecule has 2 N–H and O–H groups in total. The molecule has 0 spiro atoms. The molecule has 0 saturated heterocycles. The molecule has 0 aromatic carbocycles. The van der Waals surface area contributed by atoms with Crippen molar-refractivity contribution >= 4 is 23.2 Å². The summed E-state index contributed by atoms with van der Waals surface area (Å²) in [5.74, 6) is -1.05. The summed E-state index contributed by atoms with van der Waals surface area (Å²) in [6, 6.07) is 1.72. The maximum absolute atomic E-state index is 11.9. The number of hydrogen-bond acceptors (Lipinski definition) is 4. The van der Waals surface area contributed by atoms with Gasteiger partial charge in [0.25, 0.3) is 5.91 Å². The number of ether oxygens (including phenoxy) is 1. The number of thiophene rings is 1. The third kappa shape index (κ3) is 4.74. The van der Waals surface area contributed by atoms with E-state index in [-0.39, 0.29) is 28.0 Å². The molecule has 5 nitrogen and oxygen atoms in total. The predicted octanol–water partition coefficient (Wildman–Crippen LogP) is 3.04. The van der Waals surface area contributed by atoms with Gasteiger partial charge in [0, 0.05) is 10.9 Å². The number of hydrogen-bond donors (Lipinski definition) is 2. The van der Waals surface area contributed by atoms with E-state index in [1.54, 1.807) is 13.0 Å². The minimum atomic E-state index is -1.04. The van der Waals surface area contributed by atoms with Crippen LogP contribution in [0.1, 0.15) is 56.1 Å². The smallest absolute Gasteiger partial charge is 0.349 e. The molecule has 6 heteroatoms. The number of carbonyl (C=O) groups is 2. The van der Waals surface area contributed by atoms with Crippen LogP contribution in [0, 0.1) is 0 Å². The molecule has 0 radical (unpaired) electrons. The van der Waals surface area contributed by atoms with Gasteiger partial charge in [-0.15, -0.1) is 11.3 Å². The van der Waals surface area contributed by atoms with Crippen LogP contribution in [0.4, 0.5) is 0 Å². The van der Waals surface area contributed by atoms with Crippen molar-refractivity contribution in [3.8, 4) is 5.75 Å². The van der Waals surface area contributed by atoms with Crippen molar-refractivity contribution in [3.63, 3.8) is 0 Å². The molecule has 1 aromatic rings. The summed E-state index contributed by atoms with van der Waals surface area (Å²) in [6.07, 6.45) is -0.743. The molecule has 1 heterocycles. The van der Waals surface area contributed by atoms with Crippen molar-refractivity contribution in [2.24, 2.45) is 0 Å². The highest BCUT2D eigenvalue weighted by atomic mass is 32.1. The fourth-order valence-electron chi connectivity index (χ4n) is 1.63. The molecular weight excluding hydrogens is 290 g/mol. The molecule has 118 valence electrons. The van der Waals surface area contributed by atoms with Crippen LogP contribution in [0.5, 0.6) is 5.75 Å². The van der Waals surface area contributed by atoms with Crippen LogP contribution >= 0.6 is 11.3 Å². The normalized spacial score (nSPS) is 13.1. The Morgan fingerprint density at radius 2 is 1.86 bits per heavy atom. The molecular formula is C15H23NO4S. The summed E-state index contributed by atoms with van der Waals surface area (Å²) in [5.41, 5.74) is -0.167. The van der Waals surface area contributed by atoms with Crippen LogP contribution in [0.2, 0.25) is 0 Å². The van der Waals surface area contributed by atoms with Gasteiger partial charge in [0.05, 0.1) is 0 Å². The monoisotopic (exact) mass is 313 g/mol. The second kappa shape index (κ2) is 6.47. The second-order valence-corrected chi connectivity index (χ2v) is 7.33. The van der Waals surface area contributed by atoms with Gasteiger partial charge in [-0.05, 0) is 32.3 Å². The molecule has 0 aliphatic rings. The first-order valence-electron chi connectivity index (χ1n) is 6.87. The highest BCUT2D eigenvalue weighted by molar-refractivity contribution is 7.14. The van der Waals surface area contributed by atoms with Crippen molar-refractivity contribution in [1.82, 2.24) is 5.32 Å². The lowest BCUT2D eigenvalue weighted by Gasteiger charge is -2.16. The predicted molar refractivity (Wildman–Crippen MR) is 83.3 cm³/mol. The third-order valence-corrected chi connectivity index (χ3v) is 4.27. The van der Waals surface area contributed by atoms with E-state index in [2.05, 4.69) is 5.32 Å². The molecule has 0 saturated carbocycles. The number of aromatic carboxylic acids is 1. The number of amides is 1. The summed E-state index contributed by atoms with van der Waals surface area (Å²) in [4.78, 5) is 24.2. The van der Waals surface area contributed by atoms with Gasteiger partial charge in [0.15, 0.2) is 11.0 Å². The van der Waals surface area contributed by atoms with Crippen molar-refractivity contribution in [3.05, 3.63) is 15.8 Å². The standard InChI is InChI=1S/C15H23NO4S/c1-8(2)16-13(17)9(3)20-10-7-11(15(4,5)6)21-12(10)14(18)19/h7-9H,1-6H3,(H,16,17)(H,18,19). The molecule has 1 rings (SSSR count). The minimum Gasteiger partial charge on any atom is -0.479 e. The zero-order valence-electron chi connectivity index (χ0n) is 13.3. The lowest BCUT2D eigenvalue weighted by Crippen LogP contribution is -2.40. The number of rotatable bonds is 5. The Bertz CT molecular complexity index is 528. The van der Waals surface area contributed by atoms with E-state index in [0.29, 0.717) is 0 Å². The molecule has 0 aliphatic heterocycles. The Balaban J connectivity index is 2.99. The van der Waals surface area contributed by atoms with Gasteiger partial charge in [0.1, 0.15) is 5.75 Å². The summed E-state index contributed by atoms with van der Waals surface area (Å²) >= 11 is 1.19. The molecule has 1 unspecified atom stereocenters. The van der Waals surface area contributed by atoms with Gasteiger partial charge in [-0.3, -0.25) is 4.79 Å². The molecule has 1 atom stereocenters. The van der Waals surface area contributed by atoms with Gasteiger partial charge in [-0.1, -0.05) is 20.8 Å². The summed E-state index contributed by atoms with van der Waals surface area (Å²) in [5, 5.41) is 12.0. The molecule has 21 heavy (non-hydrogen) atoms. The van der Waals surface area contributed by atoms with E-state index in [1.807, 2.05) is 34.6 Å². The minimum absolute atomic E-state index is 0.00936.